The van der Waals surface area contributed by atoms with Gasteiger partial charge < -0.3 is 29.8 Å². The molecule has 3 aromatic rings. The Morgan fingerprint density at radius 2 is 2.03 bits per heavy atom. The SMILES string of the molecule is CC(=O)OC(C)(C)C(=O)NCCCn1c(Sc2cc3c(cc2I)OCO3)nc2c(N)ncnc21. The van der Waals surface area contributed by atoms with E-state index >= 15 is 0 Å². The Labute approximate surface area is 213 Å². The van der Waals surface area contributed by atoms with Crippen molar-refractivity contribution in [1.82, 2.24) is 24.8 Å². The molecule has 0 aliphatic carbocycles. The van der Waals surface area contributed by atoms with Gasteiger partial charge in [0.15, 0.2) is 39.2 Å². The lowest BCUT2D eigenvalue weighted by molar-refractivity contribution is -0.162. The number of ether oxygens (including phenoxy) is 3. The molecule has 1 aromatic carbocycles. The number of imidazole rings is 1. The second kappa shape index (κ2) is 9.82. The predicted octanol–water partition coefficient (Wildman–Crippen LogP) is 2.74. The Kier molecular flexibility index (Phi) is 7.02. The molecule has 0 saturated heterocycles. The van der Waals surface area contributed by atoms with E-state index in [1.807, 2.05) is 16.7 Å². The van der Waals surface area contributed by atoms with Crippen LogP contribution in [0.5, 0.6) is 11.5 Å². The highest BCUT2D eigenvalue weighted by atomic mass is 127. The molecular weight excluding hydrogens is 575 g/mol. The number of halogens is 1. The van der Waals surface area contributed by atoms with E-state index in [0.717, 1.165) is 8.47 Å². The first-order valence-corrected chi connectivity index (χ1v) is 12.3. The molecule has 1 aliphatic heterocycles. The number of hydrogen-bond donors (Lipinski definition) is 2. The van der Waals surface area contributed by atoms with Crippen molar-refractivity contribution in [1.29, 1.82) is 0 Å². The number of esters is 1. The summed E-state index contributed by atoms with van der Waals surface area (Å²) in [6.45, 7) is 5.46. The number of aromatic nitrogens is 4. The van der Waals surface area contributed by atoms with E-state index < -0.39 is 11.6 Å². The number of nitrogen functional groups attached to an aromatic ring is 1. The van der Waals surface area contributed by atoms with Gasteiger partial charge in [-0.05, 0) is 55.0 Å². The number of rotatable bonds is 8. The summed E-state index contributed by atoms with van der Waals surface area (Å²) in [4.78, 5) is 37.7. The predicted molar refractivity (Wildman–Crippen MR) is 133 cm³/mol. The van der Waals surface area contributed by atoms with Gasteiger partial charge in [0.1, 0.15) is 6.33 Å². The smallest absolute Gasteiger partial charge is 0.303 e. The Balaban J connectivity index is 1.52. The van der Waals surface area contributed by atoms with Crippen LogP contribution < -0.4 is 20.5 Å². The van der Waals surface area contributed by atoms with E-state index in [1.54, 1.807) is 13.8 Å². The maximum absolute atomic E-state index is 12.4. The number of nitrogens with zero attached hydrogens (tertiary/aromatic N) is 4. The van der Waals surface area contributed by atoms with Crippen LogP contribution in [0.4, 0.5) is 5.82 Å². The standard InChI is InChI=1S/C21H23IN6O5S/c1-11(29)33-21(2,3)19(30)24-5-4-6-28-18-16(17(23)25-9-26-18)27-20(28)34-15-8-14-13(7-12(15)22)31-10-32-14/h7-9H,4-6,10H2,1-3H3,(H,24,30)(H2,23,25,26). The first kappa shape index (κ1) is 24.3. The fraction of sp³-hybridized carbons (Fsp3) is 0.381. The van der Waals surface area contributed by atoms with Crippen molar-refractivity contribution in [2.45, 2.75) is 49.4 Å². The molecule has 34 heavy (non-hydrogen) atoms. The number of aryl methyl sites for hydroxylation is 1. The summed E-state index contributed by atoms with van der Waals surface area (Å²) >= 11 is 3.70. The van der Waals surface area contributed by atoms with Crippen molar-refractivity contribution >= 4 is 63.2 Å². The molecule has 2 aromatic heterocycles. The van der Waals surface area contributed by atoms with Gasteiger partial charge in [0.05, 0.1) is 0 Å². The van der Waals surface area contributed by atoms with E-state index in [1.165, 1.54) is 25.0 Å². The lowest BCUT2D eigenvalue weighted by Crippen LogP contribution is -2.45. The highest BCUT2D eigenvalue weighted by molar-refractivity contribution is 14.1. The number of amides is 1. The minimum Gasteiger partial charge on any atom is -0.454 e. The molecule has 11 nitrogen and oxygen atoms in total. The van der Waals surface area contributed by atoms with E-state index in [0.29, 0.717) is 53.1 Å². The zero-order valence-electron chi connectivity index (χ0n) is 18.8. The van der Waals surface area contributed by atoms with Gasteiger partial charge in [-0.3, -0.25) is 9.59 Å². The lowest BCUT2D eigenvalue weighted by atomic mass is 10.1. The summed E-state index contributed by atoms with van der Waals surface area (Å²) in [6, 6.07) is 3.84. The highest BCUT2D eigenvalue weighted by Crippen LogP contribution is 2.41. The van der Waals surface area contributed by atoms with E-state index in [4.69, 9.17) is 19.9 Å². The second-order valence-corrected chi connectivity index (χ2v) is 10.1. The third-order valence-electron chi connectivity index (χ3n) is 4.94. The zero-order valence-corrected chi connectivity index (χ0v) is 21.7. The number of carbonyl (C=O) groups excluding carboxylic acids is 2. The first-order chi connectivity index (χ1) is 16.2. The molecule has 0 unspecified atom stereocenters. The quantitative estimate of drug-likeness (QED) is 0.226. The summed E-state index contributed by atoms with van der Waals surface area (Å²) in [7, 11) is 0. The van der Waals surface area contributed by atoms with Gasteiger partial charge in [0, 0.05) is 28.5 Å². The normalized spacial score (nSPS) is 12.7. The van der Waals surface area contributed by atoms with Crippen LogP contribution in [0.15, 0.2) is 28.5 Å². The Hall–Kier alpha value is -2.81. The zero-order chi connectivity index (χ0) is 24.5. The van der Waals surface area contributed by atoms with Crippen molar-refractivity contribution < 1.29 is 23.8 Å². The molecule has 1 amide bonds. The van der Waals surface area contributed by atoms with Gasteiger partial charge in [-0.15, -0.1) is 0 Å². The monoisotopic (exact) mass is 598 g/mol. The molecule has 0 radical (unpaired) electrons. The van der Waals surface area contributed by atoms with Crippen LogP contribution in [0.2, 0.25) is 0 Å². The van der Waals surface area contributed by atoms with Crippen LogP contribution in [-0.4, -0.2) is 50.3 Å². The van der Waals surface area contributed by atoms with Gasteiger partial charge in [0.2, 0.25) is 6.79 Å². The average Bonchev–Trinajstić information content (AvgIpc) is 3.35. The number of fused-ring (bicyclic) bond motifs is 2. The van der Waals surface area contributed by atoms with Gasteiger partial charge in [-0.25, -0.2) is 15.0 Å². The van der Waals surface area contributed by atoms with Crippen LogP contribution >= 0.6 is 34.4 Å². The number of carbonyl (C=O) groups is 2. The number of nitrogens with two attached hydrogens (primary N) is 1. The maximum atomic E-state index is 12.4. The average molecular weight is 598 g/mol. The van der Waals surface area contributed by atoms with Crippen molar-refractivity contribution in [3.63, 3.8) is 0 Å². The Bertz CT molecular complexity index is 1260. The van der Waals surface area contributed by atoms with Crippen LogP contribution in [0.3, 0.4) is 0 Å². The molecule has 0 fully saturated rings. The van der Waals surface area contributed by atoms with Crippen molar-refractivity contribution in [3.8, 4) is 11.5 Å². The summed E-state index contributed by atoms with van der Waals surface area (Å²) < 4.78 is 19.0. The fourth-order valence-corrected chi connectivity index (χ4v) is 5.06. The molecule has 0 spiro atoms. The molecule has 180 valence electrons. The van der Waals surface area contributed by atoms with Crippen molar-refractivity contribution in [2.75, 3.05) is 19.1 Å². The lowest BCUT2D eigenvalue weighted by Gasteiger charge is -2.23. The number of benzene rings is 1. The van der Waals surface area contributed by atoms with E-state index in [9.17, 15) is 9.59 Å². The minimum atomic E-state index is -1.24. The largest absolute Gasteiger partial charge is 0.454 e. The van der Waals surface area contributed by atoms with Crippen LogP contribution in [-0.2, 0) is 20.9 Å². The summed E-state index contributed by atoms with van der Waals surface area (Å²) in [5.74, 6) is 0.812. The Morgan fingerprint density at radius 1 is 1.29 bits per heavy atom. The van der Waals surface area contributed by atoms with Gasteiger partial charge in [0.25, 0.3) is 5.91 Å². The van der Waals surface area contributed by atoms with Crippen LogP contribution in [0.1, 0.15) is 27.2 Å². The third kappa shape index (κ3) is 5.14. The van der Waals surface area contributed by atoms with Crippen molar-refractivity contribution in [2.24, 2.45) is 0 Å². The number of anilines is 1. The molecule has 13 heteroatoms. The first-order valence-electron chi connectivity index (χ1n) is 10.4. The molecule has 0 saturated carbocycles. The fourth-order valence-electron chi connectivity index (χ4n) is 3.35. The summed E-state index contributed by atoms with van der Waals surface area (Å²) in [5, 5.41) is 3.50. The third-order valence-corrected chi connectivity index (χ3v) is 7.25. The molecular formula is C21H23IN6O5S. The summed E-state index contributed by atoms with van der Waals surface area (Å²) in [5.41, 5.74) is 5.92. The van der Waals surface area contributed by atoms with E-state index in [2.05, 4.69) is 42.9 Å². The molecule has 3 heterocycles. The van der Waals surface area contributed by atoms with Crippen molar-refractivity contribution in [3.05, 3.63) is 22.0 Å². The molecule has 1 aliphatic rings. The summed E-state index contributed by atoms with van der Waals surface area (Å²) in [6.07, 6.45) is 1.99. The number of hydrogen-bond acceptors (Lipinski definition) is 10. The number of nitrogens with one attached hydrogen (secondary N) is 1. The van der Waals surface area contributed by atoms with E-state index in [-0.39, 0.29) is 12.7 Å². The minimum absolute atomic E-state index is 0.199. The highest BCUT2D eigenvalue weighted by Gasteiger charge is 2.30. The van der Waals surface area contributed by atoms with Crippen LogP contribution in [0.25, 0.3) is 11.2 Å². The van der Waals surface area contributed by atoms with Crippen LogP contribution in [0, 0.1) is 3.57 Å². The molecule has 3 N–H and O–H groups in total. The Morgan fingerprint density at radius 3 is 2.76 bits per heavy atom. The molecule has 0 bridgehead atoms. The maximum Gasteiger partial charge on any atom is 0.303 e. The molecule has 4 rings (SSSR count). The topological polar surface area (TPSA) is 143 Å². The molecule has 0 atom stereocenters. The second-order valence-electron chi connectivity index (χ2n) is 7.93. The van der Waals surface area contributed by atoms with Gasteiger partial charge in [-0.1, -0.05) is 11.8 Å². The van der Waals surface area contributed by atoms with Gasteiger partial charge in [-0.2, -0.15) is 0 Å². The van der Waals surface area contributed by atoms with Gasteiger partial charge >= 0.3 is 5.97 Å².